The van der Waals surface area contributed by atoms with E-state index in [1.165, 1.54) is 6.07 Å². The Morgan fingerprint density at radius 3 is 2.48 bits per heavy atom. The Morgan fingerprint density at radius 2 is 1.94 bits per heavy atom. The summed E-state index contributed by atoms with van der Waals surface area (Å²) in [4.78, 5) is 35.8. The van der Waals surface area contributed by atoms with Gasteiger partial charge in [0.2, 0.25) is 10.0 Å². The van der Waals surface area contributed by atoms with Gasteiger partial charge in [-0.15, -0.1) is 0 Å². The van der Waals surface area contributed by atoms with Crippen molar-refractivity contribution in [2.75, 3.05) is 13.2 Å². The zero-order valence-electron chi connectivity index (χ0n) is 18.6. The van der Waals surface area contributed by atoms with Gasteiger partial charge in [0.05, 0.1) is 23.0 Å². The second-order valence-electron chi connectivity index (χ2n) is 7.79. The van der Waals surface area contributed by atoms with Crippen molar-refractivity contribution in [1.29, 1.82) is 0 Å². The Labute approximate surface area is 196 Å². The van der Waals surface area contributed by atoms with E-state index in [1.807, 2.05) is 0 Å². The van der Waals surface area contributed by atoms with Crippen molar-refractivity contribution in [3.8, 4) is 0 Å². The molecule has 0 unspecified atom stereocenters. The number of esters is 1. The van der Waals surface area contributed by atoms with Gasteiger partial charge in [-0.1, -0.05) is 11.6 Å². The number of ether oxygens (including phenoxy) is 1. The number of carbonyl (C=O) groups excluding carboxylic acids is 2. The van der Waals surface area contributed by atoms with Crippen LogP contribution < -0.4 is 0 Å². The summed E-state index contributed by atoms with van der Waals surface area (Å²) in [6.45, 7) is 4.67. The minimum atomic E-state index is -4.22. The van der Waals surface area contributed by atoms with Crippen molar-refractivity contribution in [2.45, 2.75) is 44.6 Å². The first-order chi connectivity index (χ1) is 15.4. The third kappa shape index (κ3) is 4.66. The molecule has 3 rings (SSSR count). The van der Waals surface area contributed by atoms with E-state index in [-0.39, 0.29) is 33.8 Å². The Hall–Kier alpha value is -2.76. The van der Waals surface area contributed by atoms with E-state index in [0.717, 1.165) is 16.4 Å². The van der Waals surface area contributed by atoms with Crippen LogP contribution in [0.4, 0.5) is 5.69 Å². The van der Waals surface area contributed by atoms with E-state index >= 15 is 0 Å². The number of nitro groups is 1. The van der Waals surface area contributed by atoms with Crippen molar-refractivity contribution >= 4 is 39.1 Å². The molecule has 1 fully saturated rings. The zero-order valence-corrected chi connectivity index (χ0v) is 20.2. The third-order valence-electron chi connectivity index (χ3n) is 5.65. The lowest BCUT2D eigenvalue weighted by Crippen LogP contribution is -2.37. The molecule has 1 saturated carbocycles. The molecule has 0 amide bonds. The molecule has 12 heteroatoms. The number of hydrogen-bond donors (Lipinski definition) is 0. The van der Waals surface area contributed by atoms with Crippen molar-refractivity contribution in [2.24, 2.45) is 7.05 Å². The average molecular weight is 498 g/mol. The van der Waals surface area contributed by atoms with Crippen LogP contribution in [-0.4, -0.2) is 53.2 Å². The van der Waals surface area contributed by atoms with Crippen LogP contribution in [-0.2, 0) is 21.8 Å². The highest BCUT2D eigenvalue weighted by Gasteiger charge is 2.41. The van der Waals surface area contributed by atoms with Gasteiger partial charge in [-0.3, -0.25) is 14.9 Å². The van der Waals surface area contributed by atoms with Gasteiger partial charge in [-0.05, 0) is 51.3 Å². The van der Waals surface area contributed by atoms with Gasteiger partial charge in [0.1, 0.15) is 10.7 Å². The number of ketones is 1. The molecule has 33 heavy (non-hydrogen) atoms. The fourth-order valence-corrected chi connectivity index (χ4v) is 5.65. The predicted molar refractivity (Wildman–Crippen MR) is 120 cm³/mol. The van der Waals surface area contributed by atoms with Crippen LogP contribution in [0.15, 0.2) is 23.1 Å². The monoisotopic (exact) mass is 497 g/mol. The quantitative estimate of drug-likeness (QED) is 0.224. The standard InChI is InChI=1S/C21H24ClN3O7S/c1-5-32-21(27)20-12(2)19(13(3)23(20)4)18(26)11-24(14-6-7-14)33(30,31)15-8-9-16(22)17(10-15)25(28)29/h8-10,14H,5-7,11H2,1-4H3. The molecule has 10 nitrogen and oxygen atoms in total. The summed E-state index contributed by atoms with van der Waals surface area (Å²) < 4.78 is 34.4. The minimum absolute atomic E-state index is 0.173. The first-order valence-electron chi connectivity index (χ1n) is 10.2. The van der Waals surface area contributed by atoms with Crippen LogP contribution in [0.25, 0.3) is 0 Å². The highest BCUT2D eigenvalue weighted by atomic mass is 35.5. The van der Waals surface area contributed by atoms with Gasteiger partial charge in [0.25, 0.3) is 5.69 Å². The first-order valence-corrected chi connectivity index (χ1v) is 12.1. The fraction of sp³-hybridized carbons (Fsp3) is 0.429. The zero-order chi connectivity index (χ0) is 24.7. The Bertz CT molecular complexity index is 1250. The molecule has 1 aromatic carbocycles. The van der Waals surface area contributed by atoms with Gasteiger partial charge in [-0.2, -0.15) is 4.31 Å². The molecule has 1 aromatic heterocycles. The number of aromatic nitrogens is 1. The lowest BCUT2D eigenvalue weighted by atomic mass is 10.1. The summed E-state index contributed by atoms with van der Waals surface area (Å²) >= 11 is 5.82. The van der Waals surface area contributed by atoms with Crippen molar-refractivity contribution in [1.82, 2.24) is 8.87 Å². The summed E-state index contributed by atoms with van der Waals surface area (Å²) in [6.07, 6.45) is 1.14. The third-order valence-corrected chi connectivity index (χ3v) is 7.87. The molecule has 1 aliphatic carbocycles. The number of halogens is 1. The van der Waals surface area contributed by atoms with Gasteiger partial charge in [-0.25, -0.2) is 13.2 Å². The van der Waals surface area contributed by atoms with E-state index in [0.29, 0.717) is 24.1 Å². The van der Waals surface area contributed by atoms with Crippen LogP contribution >= 0.6 is 11.6 Å². The predicted octanol–water partition coefficient (Wildman–Crippen LogP) is 3.42. The second-order valence-corrected chi connectivity index (χ2v) is 10.1. The number of hydrogen-bond acceptors (Lipinski definition) is 7. The lowest BCUT2D eigenvalue weighted by molar-refractivity contribution is -0.384. The van der Waals surface area contributed by atoms with E-state index in [4.69, 9.17) is 16.3 Å². The average Bonchev–Trinajstić information content (AvgIpc) is 3.53. The maximum absolute atomic E-state index is 13.3. The molecule has 0 N–H and O–H groups in total. The Kier molecular flexibility index (Phi) is 6.96. The summed E-state index contributed by atoms with van der Waals surface area (Å²) in [5.41, 5.74) is 0.869. The molecule has 0 radical (unpaired) electrons. The number of nitrogens with zero attached hydrogens (tertiary/aromatic N) is 3. The van der Waals surface area contributed by atoms with Crippen LogP contribution in [0, 0.1) is 24.0 Å². The van der Waals surface area contributed by atoms with E-state index in [1.54, 1.807) is 32.4 Å². The lowest BCUT2D eigenvalue weighted by Gasteiger charge is -2.21. The van der Waals surface area contributed by atoms with E-state index < -0.39 is 38.9 Å². The Morgan fingerprint density at radius 1 is 1.30 bits per heavy atom. The number of Topliss-reactive ketones (excluding diaryl/α,β-unsaturated/α-hetero) is 1. The Balaban J connectivity index is 1.99. The van der Waals surface area contributed by atoms with Crippen molar-refractivity contribution < 1.29 is 27.7 Å². The summed E-state index contributed by atoms with van der Waals surface area (Å²) in [5.74, 6) is -1.05. The number of sulfonamides is 1. The molecule has 1 aliphatic rings. The minimum Gasteiger partial charge on any atom is -0.461 e. The molecule has 0 saturated heterocycles. The van der Waals surface area contributed by atoms with Gasteiger partial charge in [0.15, 0.2) is 5.78 Å². The molecule has 0 spiro atoms. The maximum atomic E-state index is 13.3. The van der Waals surface area contributed by atoms with Crippen molar-refractivity contribution in [3.63, 3.8) is 0 Å². The molecular formula is C21H24ClN3O7S. The van der Waals surface area contributed by atoms with Gasteiger partial charge < -0.3 is 9.30 Å². The summed E-state index contributed by atoms with van der Waals surface area (Å²) in [6, 6.07) is 2.84. The number of benzene rings is 1. The fourth-order valence-electron chi connectivity index (χ4n) is 3.80. The van der Waals surface area contributed by atoms with Crippen molar-refractivity contribution in [3.05, 3.63) is 55.9 Å². The van der Waals surface area contributed by atoms with Crippen LogP contribution in [0.1, 0.15) is 51.9 Å². The first kappa shape index (κ1) is 24.9. The number of rotatable bonds is 9. The molecule has 2 aromatic rings. The molecule has 0 atom stereocenters. The van der Waals surface area contributed by atoms with E-state index in [9.17, 15) is 28.1 Å². The maximum Gasteiger partial charge on any atom is 0.355 e. The summed E-state index contributed by atoms with van der Waals surface area (Å²) in [7, 11) is -2.58. The number of carbonyl (C=O) groups is 2. The highest BCUT2D eigenvalue weighted by molar-refractivity contribution is 7.89. The molecule has 0 bridgehead atoms. The molecular weight excluding hydrogens is 474 g/mol. The number of nitro benzene ring substituents is 1. The molecule has 0 aliphatic heterocycles. The van der Waals surface area contributed by atoms with Crippen LogP contribution in [0.5, 0.6) is 0 Å². The SMILES string of the molecule is CCOC(=O)c1c(C)c(C(=O)CN(C2CC2)S(=O)(=O)c2ccc(Cl)c([N+](=O)[O-])c2)c(C)n1C. The normalized spacial score (nSPS) is 13.9. The smallest absolute Gasteiger partial charge is 0.355 e. The topological polar surface area (TPSA) is 129 Å². The highest BCUT2D eigenvalue weighted by Crippen LogP contribution is 2.35. The molecule has 1 heterocycles. The summed E-state index contributed by atoms with van der Waals surface area (Å²) in [5, 5.41) is 11.0. The van der Waals surface area contributed by atoms with Crippen LogP contribution in [0.2, 0.25) is 5.02 Å². The largest absolute Gasteiger partial charge is 0.461 e. The van der Waals surface area contributed by atoms with Gasteiger partial charge >= 0.3 is 5.97 Å². The van der Waals surface area contributed by atoms with E-state index in [2.05, 4.69) is 0 Å². The molecule has 178 valence electrons. The second kappa shape index (κ2) is 9.24. The van der Waals surface area contributed by atoms with Crippen LogP contribution in [0.3, 0.4) is 0 Å². The van der Waals surface area contributed by atoms with Gasteiger partial charge in [0, 0.05) is 30.4 Å².